The molecular formula is C18H23N3O. The van der Waals surface area contributed by atoms with Crippen LogP contribution >= 0.6 is 0 Å². The van der Waals surface area contributed by atoms with Crippen molar-refractivity contribution in [2.45, 2.75) is 26.7 Å². The number of carbonyl (C=O) groups excluding carboxylic acids is 1. The Kier molecular flexibility index (Phi) is 5.53. The monoisotopic (exact) mass is 297 g/mol. The minimum absolute atomic E-state index is 0.0698. The fourth-order valence-corrected chi connectivity index (χ4v) is 2.44. The summed E-state index contributed by atoms with van der Waals surface area (Å²) in [4.78, 5) is 11.9. The van der Waals surface area contributed by atoms with Crippen LogP contribution in [0, 0.1) is 13.8 Å². The van der Waals surface area contributed by atoms with Gasteiger partial charge in [-0.25, -0.2) is 0 Å². The van der Waals surface area contributed by atoms with Gasteiger partial charge in [-0.3, -0.25) is 9.48 Å². The molecule has 0 saturated carbocycles. The molecule has 0 aliphatic carbocycles. The normalized spacial score (nSPS) is 11.0. The Labute approximate surface area is 131 Å². The third kappa shape index (κ3) is 4.32. The molecule has 2 aromatic rings. The Morgan fingerprint density at radius 2 is 2.00 bits per heavy atom. The standard InChI is InChI=1S/C18H23N3O/c1-14-17(15(2)21(3)20-14)11-12-18(22)19-13-7-10-16-8-5-4-6-9-16/h4-10H,11-13H2,1-3H3,(H,19,22). The Morgan fingerprint density at radius 1 is 1.27 bits per heavy atom. The van der Waals surface area contributed by atoms with E-state index in [2.05, 4.69) is 10.4 Å². The van der Waals surface area contributed by atoms with E-state index in [1.807, 2.05) is 68.1 Å². The van der Waals surface area contributed by atoms with E-state index < -0.39 is 0 Å². The van der Waals surface area contributed by atoms with Crippen molar-refractivity contribution in [2.24, 2.45) is 7.05 Å². The van der Waals surface area contributed by atoms with E-state index in [0.717, 1.165) is 23.4 Å². The second-order valence-electron chi connectivity index (χ2n) is 5.39. The number of amides is 1. The molecule has 1 aromatic heterocycles. The van der Waals surface area contributed by atoms with Crippen LogP contribution in [0.2, 0.25) is 0 Å². The molecule has 0 atom stereocenters. The van der Waals surface area contributed by atoms with Gasteiger partial charge in [-0.1, -0.05) is 42.5 Å². The predicted molar refractivity (Wildman–Crippen MR) is 89.5 cm³/mol. The van der Waals surface area contributed by atoms with E-state index in [1.54, 1.807) is 0 Å². The van der Waals surface area contributed by atoms with E-state index in [-0.39, 0.29) is 5.91 Å². The van der Waals surface area contributed by atoms with E-state index >= 15 is 0 Å². The van der Waals surface area contributed by atoms with Crippen LogP contribution in [0.4, 0.5) is 0 Å². The number of rotatable bonds is 6. The van der Waals surface area contributed by atoms with Gasteiger partial charge in [0, 0.05) is 25.7 Å². The number of aryl methyl sites for hydroxylation is 2. The van der Waals surface area contributed by atoms with Crippen molar-refractivity contribution in [1.82, 2.24) is 15.1 Å². The third-order valence-corrected chi connectivity index (χ3v) is 3.79. The molecule has 0 aliphatic heterocycles. The second-order valence-corrected chi connectivity index (χ2v) is 5.39. The number of nitrogens with zero attached hydrogens (tertiary/aromatic N) is 2. The fraction of sp³-hybridized carbons (Fsp3) is 0.333. The average Bonchev–Trinajstić information content (AvgIpc) is 2.76. The molecule has 0 spiro atoms. The smallest absolute Gasteiger partial charge is 0.220 e. The number of nitrogens with one attached hydrogen (secondary N) is 1. The van der Waals surface area contributed by atoms with Gasteiger partial charge in [0.1, 0.15) is 0 Å². The van der Waals surface area contributed by atoms with Crippen LogP contribution in [0.15, 0.2) is 36.4 Å². The summed E-state index contributed by atoms with van der Waals surface area (Å²) in [6.45, 7) is 4.58. The van der Waals surface area contributed by atoms with Crippen molar-refractivity contribution in [3.63, 3.8) is 0 Å². The summed E-state index contributed by atoms with van der Waals surface area (Å²) in [7, 11) is 1.93. The molecule has 2 rings (SSSR count). The molecule has 1 N–H and O–H groups in total. The molecule has 1 heterocycles. The predicted octanol–water partition coefficient (Wildman–Crippen LogP) is 2.80. The van der Waals surface area contributed by atoms with Crippen LogP contribution in [0.3, 0.4) is 0 Å². The Hall–Kier alpha value is -2.36. The summed E-state index contributed by atoms with van der Waals surface area (Å²) in [6.07, 6.45) is 5.20. The summed E-state index contributed by atoms with van der Waals surface area (Å²) in [6, 6.07) is 10.0. The van der Waals surface area contributed by atoms with Gasteiger partial charge < -0.3 is 5.32 Å². The van der Waals surface area contributed by atoms with E-state index in [9.17, 15) is 4.79 Å². The zero-order valence-corrected chi connectivity index (χ0v) is 13.5. The number of benzene rings is 1. The highest BCUT2D eigenvalue weighted by molar-refractivity contribution is 5.76. The van der Waals surface area contributed by atoms with Gasteiger partial charge in [0.15, 0.2) is 0 Å². The lowest BCUT2D eigenvalue weighted by atomic mass is 10.1. The zero-order chi connectivity index (χ0) is 15.9. The van der Waals surface area contributed by atoms with Crippen molar-refractivity contribution in [2.75, 3.05) is 6.54 Å². The van der Waals surface area contributed by atoms with Gasteiger partial charge in [-0.15, -0.1) is 0 Å². The largest absolute Gasteiger partial charge is 0.353 e. The zero-order valence-electron chi connectivity index (χ0n) is 13.5. The lowest BCUT2D eigenvalue weighted by Gasteiger charge is -2.03. The van der Waals surface area contributed by atoms with Gasteiger partial charge in [0.25, 0.3) is 0 Å². The highest BCUT2D eigenvalue weighted by Crippen LogP contribution is 2.13. The van der Waals surface area contributed by atoms with E-state index in [0.29, 0.717) is 13.0 Å². The lowest BCUT2D eigenvalue weighted by molar-refractivity contribution is -0.120. The van der Waals surface area contributed by atoms with Gasteiger partial charge >= 0.3 is 0 Å². The molecule has 116 valence electrons. The molecule has 0 aliphatic rings. The number of hydrogen-bond acceptors (Lipinski definition) is 2. The van der Waals surface area contributed by atoms with Crippen LogP contribution < -0.4 is 5.32 Å². The maximum absolute atomic E-state index is 11.9. The van der Waals surface area contributed by atoms with E-state index in [4.69, 9.17) is 0 Å². The topological polar surface area (TPSA) is 46.9 Å². The minimum atomic E-state index is 0.0698. The quantitative estimate of drug-likeness (QED) is 0.891. The third-order valence-electron chi connectivity index (χ3n) is 3.79. The number of aromatic nitrogens is 2. The van der Waals surface area contributed by atoms with Crippen molar-refractivity contribution in [1.29, 1.82) is 0 Å². The highest BCUT2D eigenvalue weighted by Gasteiger charge is 2.10. The van der Waals surface area contributed by atoms with Gasteiger partial charge in [-0.05, 0) is 31.4 Å². The fourth-order valence-electron chi connectivity index (χ4n) is 2.44. The van der Waals surface area contributed by atoms with Crippen LogP contribution in [-0.4, -0.2) is 22.2 Å². The summed E-state index contributed by atoms with van der Waals surface area (Å²) >= 11 is 0. The first-order valence-electron chi connectivity index (χ1n) is 7.55. The molecule has 0 saturated heterocycles. The van der Waals surface area contributed by atoms with Crippen LogP contribution in [0.25, 0.3) is 6.08 Å². The van der Waals surface area contributed by atoms with Crippen LogP contribution in [0.5, 0.6) is 0 Å². The SMILES string of the molecule is Cc1nn(C)c(C)c1CCC(=O)NCC=Cc1ccccc1. The summed E-state index contributed by atoms with van der Waals surface area (Å²) in [5.41, 5.74) is 4.46. The van der Waals surface area contributed by atoms with Crippen molar-refractivity contribution in [3.05, 3.63) is 58.9 Å². The summed E-state index contributed by atoms with van der Waals surface area (Å²) in [5.74, 6) is 0.0698. The van der Waals surface area contributed by atoms with Gasteiger partial charge in [-0.2, -0.15) is 5.10 Å². The molecule has 4 heteroatoms. The average molecular weight is 297 g/mol. The first-order chi connectivity index (χ1) is 10.6. The lowest BCUT2D eigenvalue weighted by Crippen LogP contribution is -2.23. The summed E-state index contributed by atoms with van der Waals surface area (Å²) in [5, 5.41) is 7.29. The Balaban J connectivity index is 1.75. The maximum atomic E-state index is 11.9. The Morgan fingerprint density at radius 3 is 2.64 bits per heavy atom. The second kappa shape index (κ2) is 7.59. The molecule has 0 unspecified atom stereocenters. The Bertz CT molecular complexity index is 656. The first-order valence-corrected chi connectivity index (χ1v) is 7.55. The minimum Gasteiger partial charge on any atom is -0.353 e. The first kappa shape index (κ1) is 16.0. The van der Waals surface area contributed by atoms with Crippen LogP contribution in [-0.2, 0) is 18.3 Å². The van der Waals surface area contributed by atoms with Crippen molar-refractivity contribution >= 4 is 12.0 Å². The molecule has 0 fully saturated rings. The van der Waals surface area contributed by atoms with Crippen molar-refractivity contribution < 1.29 is 4.79 Å². The molecule has 22 heavy (non-hydrogen) atoms. The number of hydrogen-bond donors (Lipinski definition) is 1. The molecule has 1 aromatic carbocycles. The van der Waals surface area contributed by atoms with Crippen LogP contribution in [0.1, 0.15) is 28.9 Å². The molecular weight excluding hydrogens is 274 g/mol. The maximum Gasteiger partial charge on any atom is 0.220 e. The molecule has 1 amide bonds. The van der Waals surface area contributed by atoms with Gasteiger partial charge in [0.05, 0.1) is 5.69 Å². The van der Waals surface area contributed by atoms with E-state index in [1.165, 1.54) is 5.56 Å². The van der Waals surface area contributed by atoms with Gasteiger partial charge in [0.2, 0.25) is 5.91 Å². The number of carbonyl (C=O) groups is 1. The summed E-state index contributed by atoms with van der Waals surface area (Å²) < 4.78 is 1.87. The highest BCUT2D eigenvalue weighted by atomic mass is 16.1. The molecule has 4 nitrogen and oxygen atoms in total. The molecule has 0 bridgehead atoms. The van der Waals surface area contributed by atoms with Crippen molar-refractivity contribution in [3.8, 4) is 0 Å². The molecule has 0 radical (unpaired) electrons.